The Morgan fingerprint density at radius 3 is 1.30 bits per heavy atom. The lowest BCUT2D eigenvalue weighted by Crippen LogP contribution is -2.55. The number of ether oxygens (including phenoxy) is 2. The summed E-state index contributed by atoms with van der Waals surface area (Å²) in [6.07, 6.45) is -1.35. The molecule has 0 spiro atoms. The Kier molecular flexibility index (Phi) is 6.66. The van der Waals surface area contributed by atoms with Crippen molar-refractivity contribution in [2.75, 3.05) is 26.2 Å². The first-order valence-electron chi connectivity index (χ1n) is 9.82. The molecule has 2 amide bonds. The first-order valence-corrected chi connectivity index (χ1v) is 9.82. The molecule has 160 valence electrons. The second-order valence-electron chi connectivity index (χ2n) is 7.16. The summed E-state index contributed by atoms with van der Waals surface area (Å²) in [5, 5.41) is 18.6. The van der Waals surface area contributed by atoms with Crippen LogP contribution in [0.25, 0.3) is 0 Å². The Morgan fingerprint density at radius 2 is 1.00 bits per heavy atom. The third-order valence-electron chi connectivity index (χ3n) is 4.90. The molecule has 1 saturated heterocycles. The Hall–Kier alpha value is -3.42. The van der Waals surface area contributed by atoms with Crippen LogP contribution >= 0.6 is 0 Å². The van der Waals surface area contributed by atoms with Gasteiger partial charge in [0.05, 0.1) is 0 Å². The highest BCUT2D eigenvalue weighted by Crippen LogP contribution is 2.19. The highest BCUT2D eigenvalue weighted by Gasteiger charge is 2.30. The van der Waals surface area contributed by atoms with Crippen molar-refractivity contribution >= 4 is 11.8 Å². The van der Waals surface area contributed by atoms with Crippen molar-refractivity contribution in [3.63, 3.8) is 0 Å². The average molecular weight is 414 g/mol. The van der Waals surface area contributed by atoms with Gasteiger partial charge in [0.1, 0.15) is 23.0 Å². The van der Waals surface area contributed by atoms with E-state index in [9.17, 15) is 19.8 Å². The number of rotatable bonds is 6. The van der Waals surface area contributed by atoms with Crippen molar-refractivity contribution in [3.8, 4) is 23.0 Å². The number of amides is 2. The van der Waals surface area contributed by atoms with E-state index in [-0.39, 0.29) is 23.3 Å². The third kappa shape index (κ3) is 5.34. The molecule has 8 nitrogen and oxygen atoms in total. The van der Waals surface area contributed by atoms with Crippen LogP contribution in [0.3, 0.4) is 0 Å². The number of phenolic OH excluding ortho intramolecular Hbond substituents is 2. The van der Waals surface area contributed by atoms with E-state index in [1.807, 2.05) is 0 Å². The first kappa shape index (κ1) is 21.3. The molecule has 0 bridgehead atoms. The van der Waals surface area contributed by atoms with Crippen LogP contribution in [0, 0.1) is 0 Å². The van der Waals surface area contributed by atoms with Crippen LogP contribution in [-0.2, 0) is 9.59 Å². The zero-order valence-electron chi connectivity index (χ0n) is 17.0. The van der Waals surface area contributed by atoms with Crippen molar-refractivity contribution in [1.29, 1.82) is 0 Å². The molecule has 2 aromatic rings. The summed E-state index contributed by atoms with van der Waals surface area (Å²) in [4.78, 5) is 28.7. The van der Waals surface area contributed by atoms with Gasteiger partial charge in [0.2, 0.25) is 0 Å². The highest BCUT2D eigenvalue weighted by atomic mass is 16.5. The van der Waals surface area contributed by atoms with Crippen molar-refractivity contribution in [1.82, 2.24) is 9.80 Å². The quantitative estimate of drug-likeness (QED) is 0.750. The summed E-state index contributed by atoms with van der Waals surface area (Å²) >= 11 is 0. The maximum absolute atomic E-state index is 12.7. The molecule has 1 aliphatic rings. The van der Waals surface area contributed by atoms with Gasteiger partial charge in [-0.25, -0.2) is 0 Å². The van der Waals surface area contributed by atoms with Gasteiger partial charge in [0, 0.05) is 26.2 Å². The Labute approximate surface area is 175 Å². The number of aromatic hydroxyl groups is 2. The predicted molar refractivity (Wildman–Crippen MR) is 110 cm³/mol. The number of piperazine rings is 1. The van der Waals surface area contributed by atoms with Crippen LogP contribution in [0.1, 0.15) is 13.8 Å². The van der Waals surface area contributed by atoms with Gasteiger partial charge < -0.3 is 29.5 Å². The fourth-order valence-corrected chi connectivity index (χ4v) is 3.22. The minimum atomic E-state index is -0.673. The molecule has 8 heteroatoms. The van der Waals surface area contributed by atoms with Gasteiger partial charge in [-0.2, -0.15) is 0 Å². The van der Waals surface area contributed by atoms with Gasteiger partial charge in [0.25, 0.3) is 11.8 Å². The fourth-order valence-electron chi connectivity index (χ4n) is 3.22. The van der Waals surface area contributed by atoms with E-state index in [4.69, 9.17) is 9.47 Å². The van der Waals surface area contributed by atoms with E-state index < -0.39 is 12.2 Å². The van der Waals surface area contributed by atoms with E-state index in [0.29, 0.717) is 37.7 Å². The van der Waals surface area contributed by atoms with Crippen molar-refractivity contribution in [3.05, 3.63) is 48.5 Å². The molecule has 0 radical (unpaired) electrons. The summed E-state index contributed by atoms with van der Waals surface area (Å²) in [6, 6.07) is 12.4. The zero-order chi connectivity index (χ0) is 21.7. The van der Waals surface area contributed by atoms with Crippen LogP contribution in [0.15, 0.2) is 48.5 Å². The predicted octanol–water partition coefficient (Wildman–Crippen LogP) is 2.00. The second kappa shape index (κ2) is 9.39. The minimum Gasteiger partial charge on any atom is -0.508 e. The van der Waals surface area contributed by atoms with Crippen LogP contribution in [-0.4, -0.2) is 70.2 Å². The topological polar surface area (TPSA) is 99.5 Å². The monoisotopic (exact) mass is 414 g/mol. The van der Waals surface area contributed by atoms with Crippen LogP contribution in [0.2, 0.25) is 0 Å². The SMILES string of the molecule is CC(Oc1ccc(O)cc1)C(=O)N1CCN(C(=O)C(C)Oc2ccc(O)cc2)CC1. The molecule has 2 N–H and O–H groups in total. The van der Waals surface area contributed by atoms with Crippen LogP contribution in [0.4, 0.5) is 0 Å². The van der Waals surface area contributed by atoms with Gasteiger partial charge in [-0.1, -0.05) is 0 Å². The van der Waals surface area contributed by atoms with E-state index in [1.54, 1.807) is 47.9 Å². The lowest BCUT2D eigenvalue weighted by Gasteiger charge is -2.36. The van der Waals surface area contributed by atoms with Crippen molar-refractivity contribution in [2.45, 2.75) is 26.1 Å². The van der Waals surface area contributed by atoms with E-state index in [1.165, 1.54) is 24.3 Å². The third-order valence-corrected chi connectivity index (χ3v) is 4.90. The number of hydrogen-bond acceptors (Lipinski definition) is 6. The standard InChI is InChI=1S/C22H26N2O6/c1-15(29-19-7-3-17(25)4-8-19)21(27)23-11-13-24(14-12-23)22(28)16(2)30-20-9-5-18(26)6-10-20/h3-10,15-16,25-26H,11-14H2,1-2H3. The molecule has 0 aromatic heterocycles. The normalized spacial score (nSPS) is 15.9. The minimum absolute atomic E-state index is 0.130. The Morgan fingerprint density at radius 1 is 0.700 bits per heavy atom. The molecule has 3 rings (SSSR count). The van der Waals surface area contributed by atoms with Crippen molar-refractivity contribution in [2.24, 2.45) is 0 Å². The highest BCUT2D eigenvalue weighted by molar-refractivity contribution is 5.83. The smallest absolute Gasteiger partial charge is 0.263 e. The zero-order valence-corrected chi connectivity index (χ0v) is 17.0. The molecular weight excluding hydrogens is 388 g/mol. The van der Waals surface area contributed by atoms with E-state index in [2.05, 4.69) is 0 Å². The maximum Gasteiger partial charge on any atom is 0.263 e. The van der Waals surface area contributed by atoms with Crippen LogP contribution < -0.4 is 9.47 Å². The molecule has 1 heterocycles. The van der Waals surface area contributed by atoms with Gasteiger partial charge in [-0.05, 0) is 62.4 Å². The maximum atomic E-state index is 12.7. The Balaban J connectivity index is 1.48. The van der Waals surface area contributed by atoms with Gasteiger partial charge in [-0.3, -0.25) is 9.59 Å². The largest absolute Gasteiger partial charge is 0.508 e. The summed E-state index contributed by atoms with van der Waals surface area (Å²) in [5.74, 6) is 0.967. The molecule has 0 aliphatic carbocycles. The van der Waals surface area contributed by atoms with E-state index >= 15 is 0 Å². The number of carbonyl (C=O) groups excluding carboxylic acids is 2. The molecule has 1 fully saturated rings. The number of phenols is 2. The lowest BCUT2D eigenvalue weighted by molar-refractivity contribution is -0.146. The molecule has 2 atom stereocenters. The van der Waals surface area contributed by atoms with Crippen molar-refractivity contribution < 1.29 is 29.3 Å². The van der Waals surface area contributed by atoms with Crippen LogP contribution in [0.5, 0.6) is 23.0 Å². The number of benzene rings is 2. The first-order chi connectivity index (χ1) is 14.3. The molecule has 2 unspecified atom stereocenters. The van der Waals surface area contributed by atoms with E-state index in [0.717, 1.165) is 0 Å². The molecule has 2 aromatic carbocycles. The Bertz CT molecular complexity index is 787. The van der Waals surface area contributed by atoms with Gasteiger partial charge in [0.15, 0.2) is 12.2 Å². The lowest BCUT2D eigenvalue weighted by atomic mass is 10.2. The number of hydrogen-bond donors (Lipinski definition) is 2. The number of carbonyl (C=O) groups is 2. The molecule has 0 saturated carbocycles. The summed E-state index contributed by atoms with van der Waals surface area (Å²) in [5.41, 5.74) is 0. The van der Waals surface area contributed by atoms with Gasteiger partial charge in [-0.15, -0.1) is 0 Å². The molecule has 1 aliphatic heterocycles. The van der Waals surface area contributed by atoms with Gasteiger partial charge >= 0.3 is 0 Å². The average Bonchev–Trinajstić information content (AvgIpc) is 2.76. The fraction of sp³-hybridized carbons (Fsp3) is 0.364. The molecule has 30 heavy (non-hydrogen) atoms. The summed E-state index contributed by atoms with van der Waals surface area (Å²) < 4.78 is 11.3. The summed E-state index contributed by atoms with van der Waals surface area (Å²) in [6.45, 7) is 5.03. The molecular formula is C22H26N2O6. The summed E-state index contributed by atoms with van der Waals surface area (Å²) in [7, 11) is 0. The number of nitrogens with zero attached hydrogens (tertiary/aromatic N) is 2. The second-order valence-corrected chi connectivity index (χ2v) is 7.16.